The van der Waals surface area contributed by atoms with Gasteiger partial charge in [0.25, 0.3) is 5.91 Å². The molecule has 1 aliphatic rings. The predicted octanol–water partition coefficient (Wildman–Crippen LogP) is 3.29. The molecule has 4 heteroatoms. The molecule has 4 rings (SSSR count). The first-order valence-corrected chi connectivity index (χ1v) is 8.04. The summed E-state index contributed by atoms with van der Waals surface area (Å²) >= 11 is 0. The molecule has 118 valence electrons. The number of hydrogen-bond donors (Lipinski definition) is 0. The van der Waals surface area contributed by atoms with E-state index < -0.39 is 0 Å². The zero-order valence-electron chi connectivity index (χ0n) is 13.2. The van der Waals surface area contributed by atoms with Crippen molar-refractivity contribution in [3.05, 3.63) is 90.0 Å². The number of nitrogens with zero attached hydrogens (tertiary/aromatic N) is 3. The maximum absolute atomic E-state index is 13.1. The molecule has 2 aromatic carbocycles. The van der Waals surface area contributed by atoms with Crippen LogP contribution in [0.2, 0.25) is 0 Å². The zero-order chi connectivity index (χ0) is 16.4. The lowest BCUT2D eigenvalue weighted by molar-refractivity contribution is 0.0972. The summed E-state index contributed by atoms with van der Waals surface area (Å²) in [5.74, 6) is -0.105. The van der Waals surface area contributed by atoms with Gasteiger partial charge in [-0.15, -0.1) is 0 Å². The van der Waals surface area contributed by atoms with Crippen LogP contribution in [0.5, 0.6) is 0 Å². The predicted molar refractivity (Wildman–Crippen MR) is 92.9 cm³/mol. The highest BCUT2D eigenvalue weighted by atomic mass is 16.2. The molecule has 0 fully saturated rings. The molecule has 1 aliphatic carbocycles. The lowest BCUT2D eigenvalue weighted by Crippen LogP contribution is -2.41. The van der Waals surface area contributed by atoms with Gasteiger partial charge >= 0.3 is 0 Å². The van der Waals surface area contributed by atoms with E-state index in [1.54, 1.807) is 12.4 Å². The van der Waals surface area contributed by atoms with Crippen LogP contribution < -0.4 is 4.90 Å². The van der Waals surface area contributed by atoms with E-state index in [-0.39, 0.29) is 11.9 Å². The minimum absolute atomic E-state index is 0.0966. The average molecular weight is 315 g/mol. The van der Waals surface area contributed by atoms with Gasteiger partial charge in [-0.25, -0.2) is 4.98 Å². The third-order valence-corrected chi connectivity index (χ3v) is 4.43. The van der Waals surface area contributed by atoms with Crippen molar-refractivity contribution in [2.24, 2.45) is 0 Å². The molecule has 0 bridgehead atoms. The Morgan fingerprint density at radius 1 is 0.917 bits per heavy atom. The number of para-hydroxylation sites is 1. The summed E-state index contributed by atoms with van der Waals surface area (Å²) in [6, 6.07) is 18.3. The van der Waals surface area contributed by atoms with Crippen molar-refractivity contribution in [1.82, 2.24) is 9.97 Å². The van der Waals surface area contributed by atoms with Crippen molar-refractivity contribution in [1.29, 1.82) is 0 Å². The van der Waals surface area contributed by atoms with Gasteiger partial charge in [0, 0.05) is 24.1 Å². The van der Waals surface area contributed by atoms with Crippen LogP contribution in [0.25, 0.3) is 0 Å². The Balaban J connectivity index is 1.71. The van der Waals surface area contributed by atoms with E-state index >= 15 is 0 Å². The van der Waals surface area contributed by atoms with Gasteiger partial charge in [0.15, 0.2) is 0 Å². The summed E-state index contributed by atoms with van der Waals surface area (Å²) in [5, 5.41) is 0. The molecule has 1 amide bonds. The molecule has 0 saturated carbocycles. The molecule has 0 N–H and O–H groups in total. The van der Waals surface area contributed by atoms with Crippen LogP contribution in [0.1, 0.15) is 21.6 Å². The second-order valence-corrected chi connectivity index (χ2v) is 5.93. The lowest BCUT2D eigenvalue weighted by Gasteiger charge is -2.28. The fourth-order valence-corrected chi connectivity index (χ4v) is 3.33. The van der Waals surface area contributed by atoms with Gasteiger partial charge in [0.05, 0.1) is 6.20 Å². The summed E-state index contributed by atoms with van der Waals surface area (Å²) in [6.07, 6.45) is 6.38. The lowest BCUT2D eigenvalue weighted by atomic mass is 10.1. The Morgan fingerprint density at radius 2 is 1.58 bits per heavy atom. The van der Waals surface area contributed by atoms with Crippen molar-refractivity contribution in [2.75, 3.05) is 4.90 Å². The first kappa shape index (κ1) is 14.6. The van der Waals surface area contributed by atoms with Crippen molar-refractivity contribution < 1.29 is 4.79 Å². The van der Waals surface area contributed by atoms with Crippen LogP contribution in [-0.2, 0) is 12.8 Å². The van der Waals surface area contributed by atoms with Crippen LogP contribution in [-0.4, -0.2) is 21.9 Å². The fraction of sp³-hybridized carbons (Fsp3) is 0.150. The van der Waals surface area contributed by atoms with E-state index in [2.05, 4.69) is 34.2 Å². The molecule has 3 aromatic rings. The first-order chi connectivity index (χ1) is 11.8. The van der Waals surface area contributed by atoms with Crippen LogP contribution in [0.15, 0.2) is 73.2 Å². The molecule has 0 unspecified atom stereocenters. The number of rotatable bonds is 3. The van der Waals surface area contributed by atoms with E-state index in [4.69, 9.17) is 0 Å². The van der Waals surface area contributed by atoms with Crippen LogP contribution >= 0.6 is 0 Å². The van der Waals surface area contributed by atoms with Crippen LogP contribution in [0.4, 0.5) is 5.69 Å². The highest BCUT2D eigenvalue weighted by Gasteiger charge is 2.32. The highest BCUT2D eigenvalue weighted by Crippen LogP contribution is 2.29. The number of benzene rings is 2. The molecule has 0 atom stereocenters. The number of fused-ring (bicyclic) bond motifs is 1. The molecule has 0 spiro atoms. The van der Waals surface area contributed by atoms with Gasteiger partial charge in [-0.3, -0.25) is 9.78 Å². The van der Waals surface area contributed by atoms with Gasteiger partial charge in [0.2, 0.25) is 0 Å². The molecule has 4 nitrogen and oxygen atoms in total. The largest absolute Gasteiger partial charge is 0.303 e. The van der Waals surface area contributed by atoms with Gasteiger partial charge < -0.3 is 4.90 Å². The summed E-state index contributed by atoms with van der Waals surface area (Å²) in [4.78, 5) is 23.2. The number of aromatic nitrogens is 2. The second-order valence-electron chi connectivity index (χ2n) is 5.93. The SMILES string of the molecule is O=C(c1cnccn1)N(c1ccccc1)C1Cc2ccccc2C1. The van der Waals surface area contributed by atoms with Crippen LogP contribution in [0, 0.1) is 0 Å². The van der Waals surface area contributed by atoms with E-state index in [1.165, 1.54) is 17.3 Å². The maximum Gasteiger partial charge on any atom is 0.278 e. The molecule has 0 radical (unpaired) electrons. The van der Waals surface area contributed by atoms with Crippen LogP contribution in [0.3, 0.4) is 0 Å². The summed E-state index contributed by atoms with van der Waals surface area (Å²) in [5.41, 5.74) is 3.90. The standard InChI is InChI=1S/C20H17N3O/c24-20(19-14-21-10-11-22-19)23(17-8-2-1-3-9-17)18-12-15-6-4-5-7-16(15)13-18/h1-11,14,18H,12-13H2. The Bertz CT molecular complexity index is 824. The van der Waals surface area contributed by atoms with E-state index in [1.807, 2.05) is 35.2 Å². The Labute approximate surface area is 140 Å². The van der Waals surface area contributed by atoms with Gasteiger partial charge in [-0.05, 0) is 36.1 Å². The van der Waals surface area contributed by atoms with E-state index in [0.717, 1.165) is 18.5 Å². The summed E-state index contributed by atoms with van der Waals surface area (Å²) in [7, 11) is 0. The monoisotopic (exact) mass is 315 g/mol. The molecule has 0 aliphatic heterocycles. The second kappa shape index (κ2) is 6.24. The number of anilines is 1. The topological polar surface area (TPSA) is 46.1 Å². The van der Waals surface area contributed by atoms with Crippen molar-refractivity contribution in [3.8, 4) is 0 Å². The van der Waals surface area contributed by atoms with Gasteiger partial charge in [-0.1, -0.05) is 42.5 Å². The maximum atomic E-state index is 13.1. The van der Waals surface area contributed by atoms with E-state index in [9.17, 15) is 4.79 Å². The Hall–Kier alpha value is -3.01. The molecule has 1 aromatic heterocycles. The minimum Gasteiger partial charge on any atom is -0.303 e. The number of carbonyl (C=O) groups is 1. The third kappa shape index (κ3) is 2.67. The smallest absolute Gasteiger partial charge is 0.278 e. The third-order valence-electron chi connectivity index (χ3n) is 4.43. The quantitative estimate of drug-likeness (QED) is 0.745. The summed E-state index contributed by atoms with van der Waals surface area (Å²) in [6.45, 7) is 0. The Morgan fingerprint density at radius 3 is 2.21 bits per heavy atom. The molecule has 1 heterocycles. The average Bonchev–Trinajstić information content (AvgIpc) is 3.07. The fourth-order valence-electron chi connectivity index (χ4n) is 3.33. The van der Waals surface area contributed by atoms with Crippen molar-refractivity contribution in [3.63, 3.8) is 0 Å². The minimum atomic E-state index is -0.105. The van der Waals surface area contributed by atoms with Gasteiger partial charge in [-0.2, -0.15) is 0 Å². The number of amides is 1. The molecular weight excluding hydrogens is 298 g/mol. The van der Waals surface area contributed by atoms with Crippen molar-refractivity contribution >= 4 is 11.6 Å². The van der Waals surface area contributed by atoms with Gasteiger partial charge in [0.1, 0.15) is 5.69 Å². The molecular formula is C20H17N3O. The van der Waals surface area contributed by atoms with E-state index in [0.29, 0.717) is 5.69 Å². The normalized spacial score (nSPS) is 13.5. The molecule has 24 heavy (non-hydrogen) atoms. The summed E-state index contributed by atoms with van der Waals surface area (Å²) < 4.78 is 0. The first-order valence-electron chi connectivity index (χ1n) is 8.04. The molecule has 0 saturated heterocycles. The number of hydrogen-bond acceptors (Lipinski definition) is 3. The van der Waals surface area contributed by atoms with Crippen molar-refractivity contribution in [2.45, 2.75) is 18.9 Å². The Kier molecular flexibility index (Phi) is 3.79. The zero-order valence-corrected chi connectivity index (χ0v) is 13.2. The highest BCUT2D eigenvalue weighted by molar-refractivity contribution is 6.05. The number of carbonyl (C=O) groups excluding carboxylic acids is 1.